The quantitative estimate of drug-likeness (QED) is 0.400. The van der Waals surface area contributed by atoms with Crippen LogP contribution < -0.4 is 0 Å². The Morgan fingerprint density at radius 1 is 0.905 bits per heavy atom. The second kappa shape index (κ2) is 17.2. The molecule has 4 nitrogen and oxygen atoms in total. The van der Waals surface area contributed by atoms with Crippen LogP contribution in [0.25, 0.3) is 0 Å². The third kappa shape index (κ3) is 24.5. The topological polar surface area (TPSA) is 74.6 Å². The molecule has 0 aliphatic heterocycles. The molecule has 0 fully saturated rings. The summed E-state index contributed by atoms with van der Waals surface area (Å²) in [5, 5.41) is 17.7. The SMILES string of the molecule is CCCC/C(O)=C/C(C)=O.CCCCC(=O)/C=C(/C)O.[Pt]. The van der Waals surface area contributed by atoms with Gasteiger partial charge >= 0.3 is 0 Å². The monoisotopic (exact) mass is 479 g/mol. The average Bonchev–Trinajstić information content (AvgIpc) is 2.33. The number of rotatable bonds is 8. The Labute approximate surface area is 142 Å². The first kappa shape index (κ1) is 25.1. The predicted molar refractivity (Wildman–Crippen MR) is 81.8 cm³/mol. The van der Waals surface area contributed by atoms with Crippen LogP contribution >= 0.6 is 0 Å². The summed E-state index contributed by atoms with van der Waals surface area (Å²) in [6.07, 6.45) is 7.62. The zero-order chi connectivity index (χ0) is 16.0. The zero-order valence-electron chi connectivity index (χ0n) is 13.4. The van der Waals surface area contributed by atoms with E-state index in [2.05, 4.69) is 0 Å². The fourth-order valence-corrected chi connectivity index (χ4v) is 1.32. The van der Waals surface area contributed by atoms with Gasteiger partial charge < -0.3 is 10.2 Å². The molecule has 126 valence electrons. The molecule has 0 saturated heterocycles. The maximum atomic E-state index is 10.8. The van der Waals surface area contributed by atoms with E-state index in [9.17, 15) is 9.59 Å². The molecule has 0 radical (unpaired) electrons. The van der Waals surface area contributed by atoms with Crippen LogP contribution in [-0.2, 0) is 30.7 Å². The molecule has 0 aromatic rings. The van der Waals surface area contributed by atoms with Gasteiger partial charge in [-0.3, -0.25) is 9.59 Å². The number of ketones is 2. The van der Waals surface area contributed by atoms with Crippen molar-refractivity contribution >= 4 is 11.6 Å². The van der Waals surface area contributed by atoms with Gasteiger partial charge in [0, 0.05) is 46.1 Å². The predicted octanol–water partition coefficient (Wildman–Crippen LogP) is 4.41. The molecule has 0 rings (SSSR count). The van der Waals surface area contributed by atoms with Crippen LogP contribution in [0.4, 0.5) is 0 Å². The number of hydrogen-bond acceptors (Lipinski definition) is 4. The summed E-state index contributed by atoms with van der Waals surface area (Å²) in [5.41, 5.74) is 0. The van der Waals surface area contributed by atoms with E-state index in [1.807, 2.05) is 13.8 Å². The first-order valence-corrected chi connectivity index (χ1v) is 7.13. The first-order valence-electron chi connectivity index (χ1n) is 7.13. The number of hydrogen-bond donors (Lipinski definition) is 2. The van der Waals surface area contributed by atoms with Gasteiger partial charge in [0.25, 0.3) is 0 Å². The van der Waals surface area contributed by atoms with Gasteiger partial charge in [0.05, 0.1) is 11.5 Å². The van der Waals surface area contributed by atoms with Crippen molar-refractivity contribution in [2.24, 2.45) is 0 Å². The van der Waals surface area contributed by atoms with Crippen molar-refractivity contribution in [2.75, 3.05) is 0 Å². The van der Waals surface area contributed by atoms with Crippen LogP contribution in [-0.4, -0.2) is 21.8 Å². The molecular weight excluding hydrogens is 451 g/mol. The average molecular weight is 479 g/mol. The molecule has 2 N–H and O–H groups in total. The van der Waals surface area contributed by atoms with Crippen molar-refractivity contribution in [3.8, 4) is 0 Å². The minimum absolute atomic E-state index is 0. The Hall–Kier alpha value is -0.892. The second-order valence-electron chi connectivity index (χ2n) is 4.71. The molecule has 0 aromatic carbocycles. The molecule has 0 atom stereocenters. The molecular formula is C16H28O4Pt. The van der Waals surface area contributed by atoms with E-state index < -0.39 is 0 Å². The van der Waals surface area contributed by atoms with Crippen LogP contribution in [0.3, 0.4) is 0 Å². The Morgan fingerprint density at radius 2 is 1.38 bits per heavy atom. The van der Waals surface area contributed by atoms with Gasteiger partial charge in [-0.25, -0.2) is 0 Å². The van der Waals surface area contributed by atoms with E-state index in [1.54, 1.807) is 0 Å². The molecule has 0 aliphatic rings. The minimum Gasteiger partial charge on any atom is -0.512 e. The second-order valence-corrected chi connectivity index (χ2v) is 4.71. The van der Waals surface area contributed by atoms with Gasteiger partial charge in [0.2, 0.25) is 0 Å². The van der Waals surface area contributed by atoms with Gasteiger partial charge in [-0.15, -0.1) is 0 Å². The molecule has 0 aliphatic carbocycles. The summed E-state index contributed by atoms with van der Waals surface area (Å²) in [7, 11) is 0. The number of carbonyl (C=O) groups is 2. The Bertz CT molecular complexity index is 342. The normalized spacial score (nSPS) is 11.0. The van der Waals surface area contributed by atoms with E-state index in [0.29, 0.717) is 12.8 Å². The van der Waals surface area contributed by atoms with Gasteiger partial charge in [-0.2, -0.15) is 0 Å². The summed E-state index contributed by atoms with van der Waals surface area (Å²) < 4.78 is 0. The molecule has 21 heavy (non-hydrogen) atoms. The van der Waals surface area contributed by atoms with Crippen molar-refractivity contribution in [3.05, 3.63) is 23.7 Å². The first-order chi connectivity index (χ1) is 9.33. The summed E-state index contributed by atoms with van der Waals surface area (Å²) in [6, 6.07) is 0. The minimum atomic E-state index is -0.0893. The fourth-order valence-electron chi connectivity index (χ4n) is 1.32. The third-order valence-corrected chi connectivity index (χ3v) is 2.30. The van der Waals surface area contributed by atoms with Crippen LogP contribution in [0.1, 0.15) is 66.2 Å². The van der Waals surface area contributed by atoms with E-state index in [-0.39, 0.29) is 44.2 Å². The van der Waals surface area contributed by atoms with Crippen LogP contribution in [0.15, 0.2) is 23.7 Å². The number of aliphatic hydroxyl groups is 2. The van der Waals surface area contributed by atoms with Crippen LogP contribution in [0.5, 0.6) is 0 Å². The number of allylic oxidation sites excluding steroid dienone is 4. The van der Waals surface area contributed by atoms with E-state index in [0.717, 1.165) is 25.7 Å². The van der Waals surface area contributed by atoms with Crippen LogP contribution in [0.2, 0.25) is 0 Å². The summed E-state index contributed by atoms with van der Waals surface area (Å²) >= 11 is 0. The smallest absolute Gasteiger partial charge is 0.159 e. The Morgan fingerprint density at radius 3 is 1.76 bits per heavy atom. The Kier molecular flexibility index (Phi) is 20.5. The van der Waals surface area contributed by atoms with Crippen molar-refractivity contribution in [3.63, 3.8) is 0 Å². The standard InChI is InChI=1S/2C8H14O2.Pt/c2*1-3-4-5-8(10)6-7(2)9;/h6,10H,3-5H2,1-2H3;6,9H,3-5H2,1-2H3;/b8-6-;7-6-;. The molecule has 5 heteroatoms. The van der Waals surface area contributed by atoms with Crippen molar-refractivity contribution in [1.29, 1.82) is 0 Å². The molecule has 0 unspecified atom stereocenters. The van der Waals surface area contributed by atoms with Gasteiger partial charge in [-0.05, 0) is 26.7 Å². The van der Waals surface area contributed by atoms with Crippen molar-refractivity contribution in [1.82, 2.24) is 0 Å². The summed E-state index contributed by atoms with van der Waals surface area (Å²) in [5.74, 6) is 0.228. The molecule has 0 saturated carbocycles. The molecule has 0 aromatic heterocycles. The number of carbonyl (C=O) groups excluding carboxylic acids is 2. The number of unbranched alkanes of at least 4 members (excludes halogenated alkanes) is 2. The zero-order valence-corrected chi connectivity index (χ0v) is 15.7. The van der Waals surface area contributed by atoms with Gasteiger partial charge in [-0.1, -0.05) is 26.7 Å². The maximum Gasteiger partial charge on any atom is 0.159 e. The van der Waals surface area contributed by atoms with Crippen LogP contribution in [0, 0.1) is 0 Å². The molecule has 0 bridgehead atoms. The molecule has 0 heterocycles. The van der Waals surface area contributed by atoms with Crippen molar-refractivity contribution in [2.45, 2.75) is 66.2 Å². The summed E-state index contributed by atoms with van der Waals surface area (Å²) in [6.45, 7) is 7.01. The fraction of sp³-hybridized carbons (Fsp3) is 0.625. The maximum absolute atomic E-state index is 10.8. The molecule has 0 amide bonds. The number of aliphatic hydroxyl groups excluding tert-OH is 2. The largest absolute Gasteiger partial charge is 0.512 e. The van der Waals surface area contributed by atoms with Gasteiger partial charge in [0.15, 0.2) is 11.6 Å². The molecule has 0 spiro atoms. The third-order valence-electron chi connectivity index (χ3n) is 2.30. The van der Waals surface area contributed by atoms with E-state index in [1.165, 1.54) is 26.0 Å². The van der Waals surface area contributed by atoms with E-state index in [4.69, 9.17) is 10.2 Å². The van der Waals surface area contributed by atoms with Crippen molar-refractivity contribution < 1.29 is 40.9 Å². The Balaban J connectivity index is -0.000000295. The van der Waals surface area contributed by atoms with E-state index >= 15 is 0 Å². The van der Waals surface area contributed by atoms with Gasteiger partial charge in [0.1, 0.15) is 0 Å². The summed E-state index contributed by atoms with van der Waals surface area (Å²) in [4.78, 5) is 21.2.